The van der Waals surface area contributed by atoms with Crippen molar-refractivity contribution in [1.82, 2.24) is 5.32 Å². The van der Waals surface area contributed by atoms with Crippen molar-refractivity contribution in [3.63, 3.8) is 0 Å². The molecule has 0 aliphatic carbocycles. The van der Waals surface area contributed by atoms with Crippen LogP contribution >= 0.6 is 24.0 Å². The summed E-state index contributed by atoms with van der Waals surface area (Å²) in [6, 6.07) is 24.2. The molecule has 7 heteroatoms. The molecule has 0 saturated heterocycles. The van der Waals surface area contributed by atoms with Gasteiger partial charge in [-0.2, -0.15) is 0 Å². The van der Waals surface area contributed by atoms with Crippen LogP contribution in [0.15, 0.2) is 77.8 Å². The predicted octanol–water partition coefficient (Wildman–Crippen LogP) is 5.23. The van der Waals surface area contributed by atoms with Gasteiger partial charge in [-0.15, -0.1) is 24.0 Å². The molecule has 0 saturated carbocycles. The number of rotatable bonds is 9. The Labute approximate surface area is 207 Å². The number of guanidine groups is 1. The van der Waals surface area contributed by atoms with Gasteiger partial charge in [-0.05, 0) is 28.8 Å². The molecule has 3 rings (SSSR count). The molecular formula is C25H30IN3O3. The van der Waals surface area contributed by atoms with Crippen LogP contribution < -0.4 is 20.1 Å². The van der Waals surface area contributed by atoms with E-state index in [-0.39, 0.29) is 24.0 Å². The molecule has 0 heterocycles. The highest BCUT2D eigenvalue weighted by atomic mass is 127. The molecule has 6 nitrogen and oxygen atoms in total. The molecule has 0 aromatic heterocycles. The van der Waals surface area contributed by atoms with Gasteiger partial charge in [-0.3, -0.25) is 4.99 Å². The molecule has 0 unspecified atom stereocenters. The first-order valence-corrected chi connectivity index (χ1v) is 10.1. The van der Waals surface area contributed by atoms with Gasteiger partial charge >= 0.3 is 0 Å². The van der Waals surface area contributed by atoms with Gasteiger partial charge in [0.25, 0.3) is 0 Å². The van der Waals surface area contributed by atoms with Crippen LogP contribution in [0.2, 0.25) is 0 Å². The summed E-state index contributed by atoms with van der Waals surface area (Å²) < 4.78 is 16.5. The van der Waals surface area contributed by atoms with E-state index in [1.165, 1.54) is 5.56 Å². The number of anilines is 1. The Morgan fingerprint density at radius 3 is 2.19 bits per heavy atom. The molecule has 170 valence electrons. The van der Waals surface area contributed by atoms with E-state index in [4.69, 9.17) is 14.2 Å². The Kier molecular flexibility index (Phi) is 10.8. The second-order valence-corrected chi connectivity index (χ2v) is 6.92. The van der Waals surface area contributed by atoms with Gasteiger partial charge in [0.1, 0.15) is 0 Å². The van der Waals surface area contributed by atoms with Gasteiger partial charge in [0, 0.05) is 25.3 Å². The van der Waals surface area contributed by atoms with Crippen LogP contribution in [0.25, 0.3) is 0 Å². The standard InChI is InChI=1S/C25H29N3O3.HI/c1-26-25(28-22-12-13-23(29-2)24(15-22)30-3)27-16-20-10-7-11-21(14-20)18-31-17-19-8-5-4-6-9-19;/h4-15H,16-18H2,1-3H3,(H2,26,27,28);1H. The second kappa shape index (κ2) is 13.6. The van der Waals surface area contributed by atoms with Crippen molar-refractivity contribution in [2.24, 2.45) is 4.99 Å². The predicted molar refractivity (Wildman–Crippen MR) is 140 cm³/mol. The average molecular weight is 547 g/mol. The minimum absolute atomic E-state index is 0. The maximum Gasteiger partial charge on any atom is 0.195 e. The summed E-state index contributed by atoms with van der Waals surface area (Å²) in [6.07, 6.45) is 0. The number of hydrogen-bond acceptors (Lipinski definition) is 4. The van der Waals surface area contributed by atoms with E-state index in [9.17, 15) is 0 Å². The van der Waals surface area contributed by atoms with Crippen LogP contribution in [0.3, 0.4) is 0 Å². The van der Waals surface area contributed by atoms with E-state index in [1.54, 1.807) is 21.3 Å². The van der Waals surface area contributed by atoms with E-state index in [0.717, 1.165) is 16.8 Å². The Hall–Kier alpha value is -2.78. The summed E-state index contributed by atoms with van der Waals surface area (Å²) in [5.74, 6) is 2.01. The topological polar surface area (TPSA) is 64.1 Å². The first kappa shape index (κ1) is 25.5. The van der Waals surface area contributed by atoms with Crippen LogP contribution in [0.5, 0.6) is 11.5 Å². The smallest absolute Gasteiger partial charge is 0.195 e. The van der Waals surface area contributed by atoms with Crippen molar-refractivity contribution in [3.8, 4) is 11.5 Å². The normalized spacial score (nSPS) is 10.8. The van der Waals surface area contributed by atoms with Crippen molar-refractivity contribution >= 4 is 35.6 Å². The largest absolute Gasteiger partial charge is 0.493 e. The van der Waals surface area contributed by atoms with Crippen molar-refractivity contribution in [1.29, 1.82) is 0 Å². The Morgan fingerprint density at radius 2 is 1.47 bits per heavy atom. The molecule has 0 atom stereocenters. The highest BCUT2D eigenvalue weighted by Crippen LogP contribution is 2.29. The highest BCUT2D eigenvalue weighted by molar-refractivity contribution is 14.0. The zero-order chi connectivity index (χ0) is 21.9. The minimum atomic E-state index is 0. The number of nitrogens with one attached hydrogen (secondary N) is 2. The molecule has 0 radical (unpaired) electrons. The van der Waals surface area contributed by atoms with E-state index < -0.39 is 0 Å². The Morgan fingerprint density at radius 1 is 0.781 bits per heavy atom. The van der Waals surface area contributed by atoms with Gasteiger partial charge in [-0.25, -0.2) is 0 Å². The Balaban J connectivity index is 0.00000363. The number of benzene rings is 3. The molecule has 2 N–H and O–H groups in total. The third kappa shape index (κ3) is 7.72. The SMILES string of the molecule is CN=C(NCc1cccc(COCc2ccccc2)c1)Nc1ccc(OC)c(OC)c1.I. The fourth-order valence-corrected chi connectivity index (χ4v) is 3.11. The van der Waals surface area contributed by atoms with Gasteiger partial charge < -0.3 is 24.8 Å². The van der Waals surface area contributed by atoms with Crippen molar-refractivity contribution in [3.05, 3.63) is 89.5 Å². The first-order valence-electron chi connectivity index (χ1n) is 10.1. The minimum Gasteiger partial charge on any atom is -0.493 e. The molecule has 0 fully saturated rings. The average Bonchev–Trinajstić information content (AvgIpc) is 2.82. The zero-order valence-corrected chi connectivity index (χ0v) is 21.0. The van der Waals surface area contributed by atoms with Gasteiger partial charge in [-0.1, -0.05) is 54.6 Å². The molecule has 3 aromatic carbocycles. The number of hydrogen-bond donors (Lipinski definition) is 2. The van der Waals surface area contributed by atoms with Crippen molar-refractivity contribution in [2.75, 3.05) is 26.6 Å². The maximum absolute atomic E-state index is 5.85. The molecular weight excluding hydrogens is 517 g/mol. The molecule has 0 aliphatic heterocycles. The first-order chi connectivity index (χ1) is 15.2. The number of halogens is 1. The summed E-state index contributed by atoms with van der Waals surface area (Å²) in [6.45, 7) is 1.81. The summed E-state index contributed by atoms with van der Waals surface area (Å²) in [7, 11) is 4.97. The molecule has 0 spiro atoms. The maximum atomic E-state index is 5.85. The fourth-order valence-electron chi connectivity index (χ4n) is 3.11. The van der Waals surface area contributed by atoms with Gasteiger partial charge in [0.2, 0.25) is 0 Å². The van der Waals surface area contributed by atoms with Crippen LogP contribution in [-0.2, 0) is 24.5 Å². The van der Waals surface area contributed by atoms with Crippen LogP contribution in [0, 0.1) is 0 Å². The van der Waals surface area contributed by atoms with Crippen LogP contribution in [0.1, 0.15) is 16.7 Å². The Bertz CT molecular complexity index is 997. The van der Waals surface area contributed by atoms with E-state index in [1.807, 2.05) is 42.5 Å². The number of nitrogens with zero attached hydrogens (tertiary/aromatic N) is 1. The van der Waals surface area contributed by atoms with Gasteiger partial charge in [0.15, 0.2) is 17.5 Å². The van der Waals surface area contributed by atoms with E-state index in [0.29, 0.717) is 37.2 Å². The van der Waals surface area contributed by atoms with Crippen LogP contribution in [-0.4, -0.2) is 27.2 Å². The number of methoxy groups -OCH3 is 2. The second-order valence-electron chi connectivity index (χ2n) is 6.92. The summed E-state index contributed by atoms with van der Waals surface area (Å²) in [5.41, 5.74) is 4.31. The monoisotopic (exact) mass is 547 g/mol. The quantitative estimate of drug-likeness (QED) is 0.218. The third-order valence-electron chi connectivity index (χ3n) is 4.70. The molecule has 0 bridgehead atoms. The van der Waals surface area contributed by atoms with E-state index in [2.05, 4.69) is 46.0 Å². The number of ether oxygens (including phenoxy) is 3. The lowest BCUT2D eigenvalue weighted by Gasteiger charge is -2.14. The lowest BCUT2D eigenvalue weighted by atomic mass is 10.1. The summed E-state index contributed by atoms with van der Waals surface area (Å²) in [5, 5.41) is 6.61. The summed E-state index contributed by atoms with van der Waals surface area (Å²) in [4.78, 5) is 4.30. The third-order valence-corrected chi connectivity index (χ3v) is 4.70. The molecule has 0 amide bonds. The highest BCUT2D eigenvalue weighted by Gasteiger charge is 2.06. The molecule has 3 aromatic rings. The van der Waals surface area contributed by atoms with E-state index >= 15 is 0 Å². The molecule has 0 aliphatic rings. The molecule has 32 heavy (non-hydrogen) atoms. The van der Waals surface area contributed by atoms with Crippen molar-refractivity contribution in [2.45, 2.75) is 19.8 Å². The van der Waals surface area contributed by atoms with Crippen LogP contribution in [0.4, 0.5) is 5.69 Å². The zero-order valence-electron chi connectivity index (χ0n) is 18.6. The summed E-state index contributed by atoms with van der Waals surface area (Å²) >= 11 is 0. The lowest BCUT2D eigenvalue weighted by molar-refractivity contribution is 0.107. The van der Waals surface area contributed by atoms with Crippen molar-refractivity contribution < 1.29 is 14.2 Å². The van der Waals surface area contributed by atoms with Gasteiger partial charge in [0.05, 0.1) is 27.4 Å². The number of aliphatic imine (C=N–C) groups is 1. The fraction of sp³-hybridized carbons (Fsp3) is 0.240. The lowest BCUT2D eigenvalue weighted by Crippen LogP contribution is -2.30.